The summed E-state index contributed by atoms with van der Waals surface area (Å²) in [5.41, 5.74) is 2.17. The van der Waals surface area contributed by atoms with Crippen LogP contribution in [0.4, 0.5) is 0 Å². The summed E-state index contributed by atoms with van der Waals surface area (Å²) in [6.07, 6.45) is 2.71. The van der Waals surface area contributed by atoms with Gasteiger partial charge in [-0.1, -0.05) is 6.07 Å². The number of amides is 1. The van der Waals surface area contributed by atoms with Crippen molar-refractivity contribution in [1.29, 1.82) is 0 Å². The van der Waals surface area contributed by atoms with E-state index in [0.717, 1.165) is 30.4 Å². The Kier molecular flexibility index (Phi) is 5.50. The van der Waals surface area contributed by atoms with Crippen molar-refractivity contribution < 1.29 is 14.3 Å². The van der Waals surface area contributed by atoms with E-state index in [1.54, 1.807) is 18.5 Å². The standard InChI is InChI=1S/C19H25N3O3/c1-14(23)22-6-5-17-10-15(3-4-18(17)22)9-16-11-21(7-8-25-13-16)12-19(24)20-2/h3-6,10,16H,7-9,11-13H2,1-2H3,(H,20,24). The van der Waals surface area contributed by atoms with Gasteiger partial charge in [0.2, 0.25) is 11.8 Å². The first kappa shape index (κ1) is 17.6. The van der Waals surface area contributed by atoms with E-state index < -0.39 is 0 Å². The topological polar surface area (TPSA) is 63.6 Å². The van der Waals surface area contributed by atoms with Crippen LogP contribution in [0.15, 0.2) is 30.5 Å². The molecule has 0 aliphatic carbocycles. The lowest BCUT2D eigenvalue weighted by Crippen LogP contribution is -2.39. The molecule has 1 aromatic carbocycles. The summed E-state index contributed by atoms with van der Waals surface area (Å²) < 4.78 is 7.39. The number of likely N-dealkylation sites (N-methyl/N-ethyl adjacent to an activating group) is 1. The van der Waals surface area contributed by atoms with Crippen molar-refractivity contribution in [2.75, 3.05) is 39.9 Å². The van der Waals surface area contributed by atoms with Crippen LogP contribution in [0.2, 0.25) is 0 Å². The van der Waals surface area contributed by atoms with Crippen LogP contribution in [-0.4, -0.2) is 61.2 Å². The third-order valence-corrected chi connectivity index (χ3v) is 4.69. The van der Waals surface area contributed by atoms with E-state index in [4.69, 9.17) is 4.74 Å². The number of hydrogen-bond donors (Lipinski definition) is 1. The molecule has 1 amide bonds. The summed E-state index contributed by atoms with van der Waals surface area (Å²) in [4.78, 5) is 25.4. The predicted octanol–water partition coefficient (Wildman–Crippen LogP) is 1.54. The monoisotopic (exact) mass is 343 g/mol. The first-order valence-corrected chi connectivity index (χ1v) is 8.68. The Balaban J connectivity index is 1.71. The van der Waals surface area contributed by atoms with Crippen molar-refractivity contribution in [3.05, 3.63) is 36.0 Å². The molecule has 134 valence electrons. The minimum atomic E-state index is 0.0183. The number of carbonyl (C=O) groups is 2. The number of rotatable bonds is 4. The van der Waals surface area contributed by atoms with Gasteiger partial charge in [0.05, 0.1) is 25.3 Å². The van der Waals surface area contributed by atoms with Gasteiger partial charge in [0, 0.05) is 38.6 Å². The molecule has 2 heterocycles. The van der Waals surface area contributed by atoms with Gasteiger partial charge < -0.3 is 10.1 Å². The molecule has 1 unspecified atom stereocenters. The zero-order valence-electron chi connectivity index (χ0n) is 14.8. The summed E-state index contributed by atoms with van der Waals surface area (Å²) in [7, 11) is 1.66. The van der Waals surface area contributed by atoms with Gasteiger partial charge in [-0.15, -0.1) is 0 Å². The van der Waals surface area contributed by atoms with Gasteiger partial charge in [0.15, 0.2) is 0 Å². The number of ether oxygens (including phenoxy) is 1. The summed E-state index contributed by atoms with van der Waals surface area (Å²) in [6, 6.07) is 8.20. The largest absolute Gasteiger partial charge is 0.380 e. The molecular weight excluding hydrogens is 318 g/mol. The van der Waals surface area contributed by atoms with E-state index in [9.17, 15) is 9.59 Å². The van der Waals surface area contributed by atoms with Crippen molar-refractivity contribution in [1.82, 2.24) is 14.8 Å². The smallest absolute Gasteiger partial charge is 0.233 e. The molecule has 6 heteroatoms. The summed E-state index contributed by atoms with van der Waals surface area (Å²) in [5, 5.41) is 3.75. The minimum Gasteiger partial charge on any atom is -0.380 e. The second-order valence-electron chi connectivity index (χ2n) is 6.65. The fourth-order valence-electron chi connectivity index (χ4n) is 3.43. The fraction of sp³-hybridized carbons (Fsp3) is 0.474. The van der Waals surface area contributed by atoms with Crippen LogP contribution in [0.25, 0.3) is 10.9 Å². The molecule has 1 fully saturated rings. The molecule has 1 saturated heterocycles. The molecule has 3 rings (SSSR count). The highest BCUT2D eigenvalue weighted by Gasteiger charge is 2.20. The van der Waals surface area contributed by atoms with E-state index in [0.29, 0.717) is 25.7 Å². The highest BCUT2D eigenvalue weighted by atomic mass is 16.5. The van der Waals surface area contributed by atoms with Gasteiger partial charge >= 0.3 is 0 Å². The van der Waals surface area contributed by atoms with E-state index >= 15 is 0 Å². The molecular formula is C19H25N3O3. The highest BCUT2D eigenvalue weighted by molar-refractivity contribution is 5.91. The lowest BCUT2D eigenvalue weighted by Gasteiger charge is -2.22. The minimum absolute atomic E-state index is 0.0183. The van der Waals surface area contributed by atoms with Gasteiger partial charge in [-0.05, 0) is 36.1 Å². The zero-order chi connectivity index (χ0) is 17.8. The van der Waals surface area contributed by atoms with Gasteiger partial charge in [-0.3, -0.25) is 19.1 Å². The van der Waals surface area contributed by atoms with Crippen molar-refractivity contribution in [2.24, 2.45) is 5.92 Å². The van der Waals surface area contributed by atoms with Crippen molar-refractivity contribution in [3.63, 3.8) is 0 Å². The lowest BCUT2D eigenvalue weighted by atomic mass is 9.98. The number of benzene rings is 1. The van der Waals surface area contributed by atoms with Crippen LogP contribution in [-0.2, 0) is 16.0 Å². The van der Waals surface area contributed by atoms with Crippen LogP contribution in [0.5, 0.6) is 0 Å². The Bertz CT molecular complexity index is 768. The molecule has 0 bridgehead atoms. The first-order valence-electron chi connectivity index (χ1n) is 8.68. The average molecular weight is 343 g/mol. The van der Waals surface area contributed by atoms with Crippen molar-refractivity contribution >= 4 is 22.7 Å². The maximum absolute atomic E-state index is 11.6. The van der Waals surface area contributed by atoms with Crippen LogP contribution in [0, 0.1) is 5.92 Å². The van der Waals surface area contributed by atoms with Gasteiger partial charge in [-0.2, -0.15) is 0 Å². The molecule has 1 aromatic heterocycles. The van der Waals surface area contributed by atoms with Gasteiger partial charge in [0.1, 0.15) is 0 Å². The normalized spacial score (nSPS) is 18.9. The van der Waals surface area contributed by atoms with E-state index in [1.807, 2.05) is 18.3 Å². The predicted molar refractivity (Wildman–Crippen MR) is 96.8 cm³/mol. The molecule has 1 aliphatic rings. The maximum atomic E-state index is 11.6. The van der Waals surface area contributed by atoms with Crippen molar-refractivity contribution in [2.45, 2.75) is 13.3 Å². The molecule has 25 heavy (non-hydrogen) atoms. The maximum Gasteiger partial charge on any atom is 0.233 e. The molecule has 1 aliphatic heterocycles. The number of nitrogens with one attached hydrogen (secondary N) is 1. The zero-order valence-corrected chi connectivity index (χ0v) is 14.8. The Labute approximate surface area is 147 Å². The number of carbonyl (C=O) groups excluding carboxylic acids is 2. The summed E-state index contributed by atoms with van der Waals surface area (Å²) in [5.74, 6) is 0.400. The molecule has 0 radical (unpaired) electrons. The second-order valence-corrected chi connectivity index (χ2v) is 6.65. The quantitative estimate of drug-likeness (QED) is 0.915. The van der Waals surface area contributed by atoms with Crippen LogP contribution >= 0.6 is 0 Å². The second kappa shape index (κ2) is 7.80. The Morgan fingerprint density at radius 1 is 1.32 bits per heavy atom. The molecule has 0 spiro atoms. The van der Waals surface area contributed by atoms with Gasteiger partial charge in [-0.25, -0.2) is 0 Å². The third kappa shape index (κ3) is 4.27. The number of fused-ring (bicyclic) bond motifs is 1. The first-order chi connectivity index (χ1) is 12.1. The molecule has 1 atom stereocenters. The van der Waals surface area contributed by atoms with Crippen LogP contribution in [0.1, 0.15) is 17.3 Å². The SMILES string of the molecule is CNC(=O)CN1CCOCC(Cc2ccc3c(ccn3C(C)=O)c2)C1. The summed E-state index contributed by atoms with van der Waals surface area (Å²) in [6.45, 7) is 4.98. The molecule has 0 saturated carbocycles. The number of hydrogen-bond acceptors (Lipinski definition) is 4. The van der Waals surface area contributed by atoms with Crippen molar-refractivity contribution in [3.8, 4) is 0 Å². The van der Waals surface area contributed by atoms with Crippen LogP contribution < -0.4 is 5.32 Å². The molecule has 2 aromatic rings. The van der Waals surface area contributed by atoms with Crippen LogP contribution in [0.3, 0.4) is 0 Å². The average Bonchev–Trinajstić information content (AvgIpc) is 2.89. The summed E-state index contributed by atoms with van der Waals surface area (Å²) >= 11 is 0. The number of nitrogens with zero attached hydrogens (tertiary/aromatic N) is 2. The Hall–Kier alpha value is -2.18. The Morgan fingerprint density at radius 3 is 2.92 bits per heavy atom. The van der Waals surface area contributed by atoms with E-state index in [1.165, 1.54) is 5.56 Å². The van der Waals surface area contributed by atoms with Gasteiger partial charge in [0.25, 0.3) is 0 Å². The fourth-order valence-corrected chi connectivity index (χ4v) is 3.43. The number of aromatic nitrogens is 1. The highest BCUT2D eigenvalue weighted by Crippen LogP contribution is 2.21. The lowest BCUT2D eigenvalue weighted by molar-refractivity contribution is -0.121. The molecule has 1 N–H and O–H groups in total. The van der Waals surface area contributed by atoms with E-state index in [2.05, 4.69) is 22.3 Å². The van der Waals surface area contributed by atoms with E-state index in [-0.39, 0.29) is 11.8 Å². The molecule has 6 nitrogen and oxygen atoms in total. The third-order valence-electron chi connectivity index (χ3n) is 4.69. The Morgan fingerprint density at radius 2 is 2.16 bits per heavy atom.